The summed E-state index contributed by atoms with van der Waals surface area (Å²) in [5.74, 6) is 0. The van der Waals surface area contributed by atoms with Gasteiger partial charge in [-0.05, 0) is 20.3 Å². The molecule has 0 amide bonds. The number of allylic oxidation sites excluding steroid dienone is 1. The lowest BCUT2D eigenvalue weighted by molar-refractivity contribution is 0.861. The van der Waals surface area contributed by atoms with Gasteiger partial charge in [0, 0.05) is 11.3 Å². The minimum atomic E-state index is 1.03. The van der Waals surface area contributed by atoms with Crippen LogP contribution in [0.1, 0.15) is 37.2 Å². The molecule has 70 valence electrons. The molecule has 0 atom stereocenters. The molecule has 2 heteroatoms. The van der Waals surface area contributed by atoms with Crippen molar-refractivity contribution in [2.45, 2.75) is 33.6 Å². The van der Waals surface area contributed by atoms with Crippen LogP contribution in [-0.4, -0.2) is 9.97 Å². The largest absolute Gasteiger partial charge is 0.241 e. The molecular weight excluding hydrogens is 160 g/mol. The minimum Gasteiger partial charge on any atom is -0.241 e. The Bertz CT molecular complexity index is 303. The standard InChI is InChI=1S/C11H16N2/c1-4-6-10-9(3)12-8-13-11(10)7-5-2/h4,6,8H,5,7H2,1-3H3/b6-4-. The lowest BCUT2D eigenvalue weighted by atomic mass is 10.1. The number of rotatable bonds is 3. The minimum absolute atomic E-state index is 1.03. The van der Waals surface area contributed by atoms with Gasteiger partial charge in [0.1, 0.15) is 6.33 Å². The summed E-state index contributed by atoms with van der Waals surface area (Å²) in [4.78, 5) is 8.46. The van der Waals surface area contributed by atoms with E-state index >= 15 is 0 Å². The molecule has 0 fully saturated rings. The first-order chi connectivity index (χ1) is 6.29. The highest BCUT2D eigenvalue weighted by Crippen LogP contribution is 2.12. The molecule has 1 rings (SSSR count). The molecule has 0 unspecified atom stereocenters. The molecule has 0 bridgehead atoms. The molecule has 2 nitrogen and oxygen atoms in total. The zero-order chi connectivity index (χ0) is 9.68. The molecule has 0 spiro atoms. The first-order valence-electron chi connectivity index (χ1n) is 4.72. The second-order valence-corrected chi connectivity index (χ2v) is 3.07. The second-order valence-electron chi connectivity index (χ2n) is 3.07. The van der Waals surface area contributed by atoms with Gasteiger partial charge in [0.2, 0.25) is 0 Å². The van der Waals surface area contributed by atoms with E-state index in [1.54, 1.807) is 6.33 Å². The fraction of sp³-hybridized carbons (Fsp3) is 0.455. The lowest BCUT2D eigenvalue weighted by Crippen LogP contribution is -1.98. The van der Waals surface area contributed by atoms with Crippen LogP contribution in [0.3, 0.4) is 0 Å². The van der Waals surface area contributed by atoms with Crippen LogP contribution in [0, 0.1) is 6.92 Å². The molecule has 0 aliphatic heterocycles. The van der Waals surface area contributed by atoms with Gasteiger partial charge in [0.15, 0.2) is 0 Å². The summed E-state index contributed by atoms with van der Waals surface area (Å²) in [5, 5.41) is 0. The van der Waals surface area contributed by atoms with Crippen molar-refractivity contribution in [1.29, 1.82) is 0 Å². The lowest BCUT2D eigenvalue weighted by Gasteiger charge is -2.05. The molecule has 1 heterocycles. The van der Waals surface area contributed by atoms with Crippen LogP contribution >= 0.6 is 0 Å². The van der Waals surface area contributed by atoms with Crippen molar-refractivity contribution in [2.75, 3.05) is 0 Å². The molecule has 0 N–H and O–H groups in total. The van der Waals surface area contributed by atoms with Gasteiger partial charge < -0.3 is 0 Å². The highest BCUT2D eigenvalue weighted by Gasteiger charge is 2.03. The molecular formula is C11H16N2. The van der Waals surface area contributed by atoms with E-state index in [-0.39, 0.29) is 0 Å². The van der Waals surface area contributed by atoms with E-state index in [9.17, 15) is 0 Å². The Labute approximate surface area is 79.7 Å². The smallest absolute Gasteiger partial charge is 0.115 e. The van der Waals surface area contributed by atoms with Crippen LogP contribution in [0.4, 0.5) is 0 Å². The number of aromatic nitrogens is 2. The van der Waals surface area contributed by atoms with E-state index in [0.717, 1.165) is 24.2 Å². The maximum Gasteiger partial charge on any atom is 0.115 e. The first-order valence-corrected chi connectivity index (χ1v) is 4.72. The molecule has 0 saturated carbocycles. The summed E-state index contributed by atoms with van der Waals surface area (Å²) in [6.45, 7) is 6.20. The maximum atomic E-state index is 4.29. The van der Waals surface area contributed by atoms with Gasteiger partial charge in [0.05, 0.1) is 5.69 Å². The van der Waals surface area contributed by atoms with Gasteiger partial charge in [-0.2, -0.15) is 0 Å². The first kappa shape index (κ1) is 9.90. The van der Waals surface area contributed by atoms with Gasteiger partial charge in [-0.15, -0.1) is 0 Å². The van der Waals surface area contributed by atoms with Crippen molar-refractivity contribution in [3.8, 4) is 0 Å². The fourth-order valence-corrected chi connectivity index (χ4v) is 1.35. The van der Waals surface area contributed by atoms with Crippen LogP contribution < -0.4 is 0 Å². The van der Waals surface area contributed by atoms with E-state index in [4.69, 9.17) is 0 Å². The highest BCUT2D eigenvalue weighted by molar-refractivity contribution is 5.53. The zero-order valence-corrected chi connectivity index (χ0v) is 8.54. The Morgan fingerprint density at radius 3 is 2.77 bits per heavy atom. The van der Waals surface area contributed by atoms with Crippen molar-refractivity contribution >= 4 is 6.08 Å². The summed E-state index contributed by atoms with van der Waals surface area (Å²) in [6.07, 6.45) is 7.92. The predicted octanol–water partition coefficient (Wildman–Crippen LogP) is 2.77. The summed E-state index contributed by atoms with van der Waals surface area (Å²) >= 11 is 0. The van der Waals surface area contributed by atoms with Crippen LogP contribution in [-0.2, 0) is 6.42 Å². The van der Waals surface area contributed by atoms with Crippen LogP contribution in [0.15, 0.2) is 12.4 Å². The summed E-state index contributed by atoms with van der Waals surface area (Å²) in [5.41, 5.74) is 3.41. The Morgan fingerprint density at radius 2 is 2.15 bits per heavy atom. The van der Waals surface area contributed by atoms with E-state index in [2.05, 4.69) is 23.0 Å². The van der Waals surface area contributed by atoms with Crippen LogP contribution in [0.2, 0.25) is 0 Å². The fourth-order valence-electron chi connectivity index (χ4n) is 1.35. The molecule has 0 aliphatic carbocycles. The number of hydrogen-bond donors (Lipinski definition) is 0. The van der Waals surface area contributed by atoms with Crippen molar-refractivity contribution in [3.05, 3.63) is 29.4 Å². The van der Waals surface area contributed by atoms with Gasteiger partial charge >= 0.3 is 0 Å². The van der Waals surface area contributed by atoms with Crippen molar-refractivity contribution in [1.82, 2.24) is 9.97 Å². The van der Waals surface area contributed by atoms with E-state index in [1.807, 2.05) is 19.9 Å². The van der Waals surface area contributed by atoms with E-state index in [0.29, 0.717) is 0 Å². The number of nitrogens with zero attached hydrogens (tertiary/aromatic N) is 2. The van der Waals surface area contributed by atoms with E-state index < -0.39 is 0 Å². The zero-order valence-electron chi connectivity index (χ0n) is 8.54. The van der Waals surface area contributed by atoms with Crippen molar-refractivity contribution in [3.63, 3.8) is 0 Å². The van der Waals surface area contributed by atoms with Crippen molar-refractivity contribution in [2.24, 2.45) is 0 Å². The second kappa shape index (κ2) is 4.75. The average molecular weight is 176 g/mol. The number of aryl methyl sites for hydroxylation is 2. The van der Waals surface area contributed by atoms with Gasteiger partial charge in [0.25, 0.3) is 0 Å². The summed E-state index contributed by atoms with van der Waals surface area (Å²) in [7, 11) is 0. The third-order valence-corrected chi connectivity index (χ3v) is 1.99. The molecule has 0 aromatic carbocycles. The van der Waals surface area contributed by atoms with Crippen molar-refractivity contribution < 1.29 is 0 Å². The monoisotopic (exact) mass is 176 g/mol. The Morgan fingerprint density at radius 1 is 1.38 bits per heavy atom. The van der Waals surface area contributed by atoms with Gasteiger partial charge in [-0.25, -0.2) is 9.97 Å². The Hall–Kier alpha value is -1.18. The van der Waals surface area contributed by atoms with Crippen LogP contribution in [0.25, 0.3) is 6.08 Å². The molecule has 0 aliphatic rings. The third-order valence-electron chi connectivity index (χ3n) is 1.99. The van der Waals surface area contributed by atoms with Gasteiger partial charge in [-0.1, -0.05) is 25.5 Å². The maximum absolute atomic E-state index is 4.29. The quantitative estimate of drug-likeness (QED) is 0.707. The molecule has 1 aromatic heterocycles. The topological polar surface area (TPSA) is 25.8 Å². The average Bonchev–Trinajstić information content (AvgIpc) is 2.11. The predicted molar refractivity (Wildman–Crippen MR) is 55.5 cm³/mol. The van der Waals surface area contributed by atoms with E-state index in [1.165, 1.54) is 5.56 Å². The molecule has 1 aromatic rings. The Balaban J connectivity index is 3.09. The normalized spacial score (nSPS) is 11.0. The van der Waals surface area contributed by atoms with Gasteiger partial charge in [-0.3, -0.25) is 0 Å². The summed E-state index contributed by atoms with van der Waals surface area (Å²) in [6, 6.07) is 0. The highest BCUT2D eigenvalue weighted by atomic mass is 14.8. The molecule has 0 saturated heterocycles. The summed E-state index contributed by atoms with van der Waals surface area (Å²) < 4.78 is 0. The number of hydrogen-bond acceptors (Lipinski definition) is 2. The van der Waals surface area contributed by atoms with Crippen LogP contribution in [0.5, 0.6) is 0 Å². The molecule has 13 heavy (non-hydrogen) atoms. The third kappa shape index (κ3) is 2.38. The Kier molecular flexibility index (Phi) is 3.62. The SMILES string of the molecule is C/C=C\c1c(C)ncnc1CCC. The molecule has 0 radical (unpaired) electrons.